The van der Waals surface area contributed by atoms with Crippen LogP contribution in [0.3, 0.4) is 0 Å². The number of hydrogen-bond donors (Lipinski definition) is 1. The van der Waals surface area contributed by atoms with Crippen molar-refractivity contribution < 1.29 is 14.6 Å². The molecule has 1 amide bonds. The number of nitro groups is 2. The average Bonchev–Trinajstić information content (AvgIpc) is 3.14. The Morgan fingerprint density at radius 1 is 1.33 bits per heavy atom. The standard InChI is InChI=1S/C12H17N7O5/c1-2-10(20)14-17-9-8-16(12(17)19(23)24)6-3-5-15-7-4-13-11(15)18(21)22/h4,7-9,12H,2-3,5-6H2,1H3,(H,14,20). The molecule has 0 saturated carbocycles. The van der Waals surface area contributed by atoms with Gasteiger partial charge in [-0.2, -0.15) is 0 Å². The predicted octanol–water partition coefficient (Wildman–Crippen LogP) is 0.272. The Labute approximate surface area is 136 Å². The fraction of sp³-hybridized carbons (Fsp3) is 0.500. The summed E-state index contributed by atoms with van der Waals surface area (Å²) in [5.41, 5.74) is 2.44. The Kier molecular flexibility index (Phi) is 5.29. The van der Waals surface area contributed by atoms with Crippen LogP contribution in [-0.4, -0.2) is 48.0 Å². The fourth-order valence-electron chi connectivity index (χ4n) is 2.27. The van der Waals surface area contributed by atoms with Gasteiger partial charge in [0.1, 0.15) is 12.4 Å². The van der Waals surface area contributed by atoms with Gasteiger partial charge in [0.25, 0.3) is 0 Å². The summed E-state index contributed by atoms with van der Waals surface area (Å²) in [6.45, 7) is 2.23. The van der Waals surface area contributed by atoms with Gasteiger partial charge in [0.2, 0.25) is 5.91 Å². The minimum atomic E-state index is -1.24. The van der Waals surface area contributed by atoms with Crippen LogP contribution in [0.2, 0.25) is 0 Å². The van der Waals surface area contributed by atoms with E-state index in [4.69, 9.17) is 0 Å². The number of hydrazine groups is 1. The van der Waals surface area contributed by atoms with Crippen molar-refractivity contribution >= 4 is 11.9 Å². The summed E-state index contributed by atoms with van der Waals surface area (Å²) >= 11 is 0. The summed E-state index contributed by atoms with van der Waals surface area (Å²) in [7, 11) is 0. The highest BCUT2D eigenvalue weighted by atomic mass is 16.6. The molecule has 0 aliphatic carbocycles. The van der Waals surface area contributed by atoms with E-state index in [0.29, 0.717) is 13.0 Å². The summed E-state index contributed by atoms with van der Waals surface area (Å²) in [4.78, 5) is 37.4. The molecule has 24 heavy (non-hydrogen) atoms. The van der Waals surface area contributed by atoms with Gasteiger partial charge in [-0.15, -0.1) is 0 Å². The molecule has 0 bridgehead atoms. The predicted molar refractivity (Wildman–Crippen MR) is 80.4 cm³/mol. The molecule has 0 radical (unpaired) electrons. The molecular formula is C12H17N7O5. The highest BCUT2D eigenvalue weighted by Gasteiger charge is 2.37. The maximum absolute atomic E-state index is 11.4. The lowest BCUT2D eigenvalue weighted by Crippen LogP contribution is -2.52. The van der Waals surface area contributed by atoms with Crippen molar-refractivity contribution in [3.8, 4) is 0 Å². The first-order valence-electron chi connectivity index (χ1n) is 7.25. The topological polar surface area (TPSA) is 140 Å². The van der Waals surface area contributed by atoms with Crippen LogP contribution in [0.1, 0.15) is 19.8 Å². The second-order valence-corrected chi connectivity index (χ2v) is 4.99. The SMILES string of the molecule is CCC(=O)NN1C=CN(CCCn2ccnc2[N+](=O)[O-])C1[N+](=O)[O-]. The number of carbonyl (C=O) groups excluding carboxylic acids is 1. The lowest BCUT2D eigenvalue weighted by molar-refractivity contribution is -0.572. The number of aryl methyl sites for hydroxylation is 1. The monoisotopic (exact) mass is 339 g/mol. The maximum atomic E-state index is 11.4. The number of nitrogens with zero attached hydrogens (tertiary/aromatic N) is 6. The molecule has 0 aromatic carbocycles. The summed E-state index contributed by atoms with van der Waals surface area (Å²) in [6.07, 6.45) is 5.14. The summed E-state index contributed by atoms with van der Waals surface area (Å²) in [5, 5.41) is 23.2. The van der Waals surface area contributed by atoms with Crippen molar-refractivity contribution in [3.63, 3.8) is 0 Å². The van der Waals surface area contributed by atoms with Gasteiger partial charge >= 0.3 is 12.2 Å². The normalized spacial score (nSPS) is 16.5. The summed E-state index contributed by atoms with van der Waals surface area (Å²) < 4.78 is 1.37. The van der Waals surface area contributed by atoms with Gasteiger partial charge in [0, 0.05) is 25.4 Å². The molecule has 0 fully saturated rings. The molecule has 2 heterocycles. The van der Waals surface area contributed by atoms with Crippen molar-refractivity contribution in [1.29, 1.82) is 0 Å². The number of imidazole rings is 1. The first-order valence-corrected chi connectivity index (χ1v) is 7.25. The van der Waals surface area contributed by atoms with Crippen LogP contribution in [0.25, 0.3) is 0 Å². The molecule has 12 heteroatoms. The minimum Gasteiger partial charge on any atom is -0.390 e. The molecule has 2 rings (SSSR count). The van der Waals surface area contributed by atoms with E-state index in [2.05, 4.69) is 10.4 Å². The highest BCUT2D eigenvalue weighted by Crippen LogP contribution is 2.16. The third-order valence-electron chi connectivity index (χ3n) is 3.40. The molecule has 0 spiro atoms. The van der Waals surface area contributed by atoms with E-state index in [-0.39, 0.29) is 24.8 Å². The van der Waals surface area contributed by atoms with E-state index in [1.54, 1.807) is 6.92 Å². The Morgan fingerprint density at radius 3 is 2.71 bits per heavy atom. The number of rotatable bonds is 8. The number of hydrogen-bond acceptors (Lipinski definition) is 8. The molecule has 1 aromatic heterocycles. The lowest BCUT2D eigenvalue weighted by Gasteiger charge is -2.25. The van der Waals surface area contributed by atoms with E-state index < -0.39 is 16.1 Å². The van der Waals surface area contributed by atoms with E-state index in [1.807, 2.05) is 0 Å². The van der Waals surface area contributed by atoms with E-state index in [0.717, 1.165) is 5.01 Å². The van der Waals surface area contributed by atoms with Crippen LogP contribution < -0.4 is 5.43 Å². The van der Waals surface area contributed by atoms with Gasteiger partial charge in [-0.3, -0.25) is 25.2 Å². The molecule has 1 aliphatic heterocycles. The molecule has 1 aromatic rings. The Hall–Kier alpha value is -3.18. The molecule has 1 atom stereocenters. The van der Waals surface area contributed by atoms with Gasteiger partial charge in [0.15, 0.2) is 0 Å². The quantitative estimate of drug-likeness (QED) is 0.526. The van der Waals surface area contributed by atoms with Crippen LogP contribution in [0, 0.1) is 20.2 Å². The van der Waals surface area contributed by atoms with Crippen LogP contribution >= 0.6 is 0 Å². The van der Waals surface area contributed by atoms with Crippen LogP contribution in [-0.2, 0) is 11.3 Å². The number of nitrogens with one attached hydrogen (secondary N) is 1. The van der Waals surface area contributed by atoms with Gasteiger partial charge in [-0.25, -0.2) is 9.58 Å². The maximum Gasteiger partial charge on any atom is 0.434 e. The molecule has 130 valence electrons. The minimum absolute atomic E-state index is 0.207. The van der Waals surface area contributed by atoms with Crippen molar-refractivity contribution in [2.45, 2.75) is 32.6 Å². The molecule has 1 aliphatic rings. The van der Waals surface area contributed by atoms with Crippen molar-refractivity contribution in [3.05, 3.63) is 45.0 Å². The zero-order valence-corrected chi connectivity index (χ0v) is 12.9. The number of aromatic nitrogens is 2. The Bertz CT molecular complexity index is 658. The van der Waals surface area contributed by atoms with Crippen LogP contribution in [0.5, 0.6) is 0 Å². The third-order valence-corrected chi connectivity index (χ3v) is 3.40. The third kappa shape index (κ3) is 3.77. The van der Waals surface area contributed by atoms with E-state index >= 15 is 0 Å². The summed E-state index contributed by atoms with van der Waals surface area (Å²) in [5.74, 6) is -0.600. The molecule has 0 saturated heterocycles. The first-order chi connectivity index (χ1) is 11.4. The van der Waals surface area contributed by atoms with Crippen molar-refractivity contribution in [2.75, 3.05) is 6.54 Å². The van der Waals surface area contributed by atoms with E-state index in [9.17, 15) is 25.0 Å². The Morgan fingerprint density at radius 2 is 2.08 bits per heavy atom. The second kappa shape index (κ2) is 7.39. The smallest absolute Gasteiger partial charge is 0.390 e. The van der Waals surface area contributed by atoms with Crippen molar-refractivity contribution in [1.82, 2.24) is 24.9 Å². The number of carbonyl (C=O) groups is 1. The van der Waals surface area contributed by atoms with Crippen molar-refractivity contribution in [2.24, 2.45) is 0 Å². The molecule has 1 unspecified atom stereocenters. The van der Waals surface area contributed by atoms with Gasteiger partial charge in [-0.1, -0.05) is 11.9 Å². The largest absolute Gasteiger partial charge is 0.434 e. The van der Waals surface area contributed by atoms with E-state index in [1.165, 1.54) is 34.3 Å². The Balaban J connectivity index is 1.93. The van der Waals surface area contributed by atoms with Gasteiger partial charge in [-0.05, 0) is 11.3 Å². The number of amides is 1. The zero-order chi connectivity index (χ0) is 17.7. The lowest BCUT2D eigenvalue weighted by atomic mass is 10.4. The van der Waals surface area contributed by atoms with Crippen LogP contribution in [0.15, 0.2) is 24.8 Å². The van der Waals surface area contributed by atoms with Crippen LogP contribution in [0.4, 0.5) is 5.95 Å². The molecule has 12 nitrogen and oxygen atoms in total. The average molecular weight is 339 g/mol. The highest BCUT2D eigenvalue weighted by molar-refractivity contribution is 5.75. The summed E-state index contributed by atoms with van der Waals surface area (Å²) in [6, 6.07) is 0. The first kappa shape index (κ1) is 17.2. The van der Waals surface area contributed by atoms with Gasteiger partial charge in [0.05, 0.1) is 11.5 Å². The van der Waals surface area contributed by atoms with Gasteiger partial charge < -0.3 is 10.1 Å². The molecular weight excluding hydrogens is 322 g/mol. The zero-order valence-electron chi connectivity index (χ0n) is 12.9. The molecule has 1 N–H and O–H groups in total. The second-order valence-electron chi connectivity index (χ2n) is 4.99. The fourth-order valence-corrected chi connectivity index (χ4v) is 2.27.